The Hall–Kier alpha value is -1.80. The molecule has 0 spiro atoms. The number of fused-ring (bicyclic) bond motifs is 1. The molecule has 1 N–H and O–H groups in total. The van der Waals surface area contributed by atoms with Gasteiger partial charge in [-0.3, -0.25) is 9.78 Å². The molecule has 0 aliphatic carbocycles. The number of carbonyl (C=O) groups is 1. The molecule has 6 nitrogen and oxygen atoms in total. The quantitative estimate of drug-likeness (QED) is 0.430. The molecule has 0 fully saturated rings. The van der Waals surface area contributed by atoms with Gasteiger partial charge in [-0.25, -0.2) is 0 Å². The molecule has 1 heterocycles. The number of amides is 1. The van der Waals surface area contributed by atoms with Crippen LogP contribution in [0.4, 0.5) is 0 Å². The molecule has 0 radical (unpaired) electrons. The van der Waals surface area contributed by atoms with Gasteiger partial charge in [0.2, 0.25) is 5.44 Å². The zero-order valence-corrected chi connectivity index (χ0v) is 15.9. The molecule has 1 aromatic carbocycles. The summed E-state index contributed by atoms with van der Waals surface area (Å²) in [6.07, 6.45) is 5.07. The van der Waals surface area contributed by atoms with E-state index in [1.807, 2.05) is 24.5 Å². The van der Waals surface area contributed by atoms with Gasteiger partial charge < -0.3 is 14.9 Å². The molecule has 0 saturated heterocycles. The summed E-state index contributed by atoms with van der Waals surface area (Å²) in [7, 11) is 1.45. The van der Waals surface area contributed by atoms with Gasteiger partial charge in [-0.05, 0) is 53.4 Å². The van der Waals surface area contributed by atoms with E-state index in [1.54, 1.807) is 19.2 Å². The Morgan fingerprint density at radius 2 is 2.25 bits per heavy atom. The summed E-state index contributed by atoms with van der Waals surface area (Å²) >= 11 is 4.71. The highest BCUT2D eigenvalue weighted by Crippen LogP contribution is 2.24. The van der Waals surface area contributed by atoms with Crippen LogP contribution >= 0.6 is 27.7 Å². The third-order valence-electron chi connectivity index (χ3n) is 3.05. The van der Waals surface area contributed by atoms with Crippen molar-refractivity contribution in [2.24, 2.45) is 5.16 Å². The average molecular weight is 412 g/mol. The molecule has 2 rings (SSSR count). The number of rotatable bonds is 7. The van der Waals surface area contributed by atoms with Crippen molar-refractivity contribution in [2.45, 2.75) is 18.4 Å². The van der Waals surface area contributed by atoms with E-state index in [0.29, 0.717) is 5.75 Å². The number of carbonyl (C=O) groups excluding carboxylic acids is 1. The number of thioether (sulfide) groups is 1. The van der Waals surface area contributed by atoms with E-state index < -0.39 is 5.44 Å². The van der Waals surface area contributed by atoms with Crippen molar-refractivity contribution in [3.63, 3.8) is 0 Å². The zero-order valence-electron chi connectivity index (χ0n) is 13.5. The van der Waals surface area contributed by atoms with Gasteiger partial charge in [-0.1, -0.05) is 5.16 Å². The van der Waals surface area contributed by atoms with Crippen LogP contribution in [0.3, 0.4) is 0 Å². The molecule has 1 amide bonds. The Kier molecular flexibility index (Phi) is 6.86. The lowest BCUT2D eigenvalue weighted by atomic mass is 10.2. The van der Waals surface area contributed by atoms with E-state index in [1.165, 1.54) is 25.1 Å². The lowest BCUT2D eigenvalue weighted by molar-refractivity contribution is -0.124. The van der Waals surface area contributed by atoms with Crippen LogP contribution < -0.4 is 10.1 Å². The van der Waals surface area contributed by atoms with Crippen molar-refractivity contribution in [3.05, 3.63) is 34.9 Å². The van der Waals surface area contributed by atoms with Crippen molar-refractivity contribution >= 4 is 50.7 Å². The summed E-state index contributed by atoms with van der Waals surface area (Å²) in [5.41, 5.74) is 0.195. The van der Waals surface area contributed by atoms with Gasteiger partial charge in [0.05, 0.1) is 17.8 Å². The minimum Gasteiger partial charge on any atom is -0.470 e. The Balaban J connectivity index is 2.09. The lowest BCUT2D eigenvalue weighted by Gasteiger charge is -2.18. The molecule has 0 saturated carbocycles. The molecule has 0 aliphatic heterocycles. The van der Waals surface area contributed by atoms with Crippen LogP contribution in [0.25, 0.3) is 10.9 Å². The number of nitrogens with zero attached hydrogens (tertiary/aromatic N) is 2. The highest BCUT2D eigenvalue weighted by Gasteiger charge is 2.20. The smallest absolute Gasteiger partial charge is 0.272 e. The minimum atomic E-state index is -0.666. The molecule has 0 bridgehead atoms. The Labute approximate surface area is 153 Å². The number of benzene rings is 1. The van der Waals surface area contributed by atoms with Crippen LogP contribution in [0, 0.1) is 0 Å². The molecule has 2 atom stereocenters. The number of ether oxygens (including phenoxy) is 1. The SMILES string of the molecule is CON=CC(C)NC(=O)C(Oc1ccc2ncc(Br)cc2c1)SC. The van der Waals surface area contributed by atoms with Gasteiger partial charge in [0.25, 0.3) is 5.91 Å². The number of oxime groups is 1. The van der Waals surface area contributed by atoms with E-state index in [-0.39, 0.29) is 11.9 Å². The molecule has 8 heteroatoms. The second kappa shape index (κ2) is 8.89. The van der Waals surface area contributed by atoms with Crippen LogP contribution in [0.5, 0.6) is 5.75 Å². The van der Waals surface area contributed by atoms with Gasteiger partial charge in [0.1, 0.15) is 12.9 Å². The average Bonchev–Trinajstić information content (AvgIpc) is 2.57. The first-order valence-electron chi connectivity index (χ1n) is 7.15. The van der Waals surface area contributed by atoms with Crippen molar-refractivity contribution in [3.8, 4) is 5.75 Å². The van der Waals surface area contributed by atoms with Crippen LogP contribution in [-0.2, 0) is 9.63 Å². The van der Waals surface area contributed by atoms with Gasteiger partial charge in [0.15, 0.2) is 0 Å². The standard InChI is InChI=1S/C16H18BrN3O3S/c1-10(8-19-22-2)20-15(21)16(24-3)23-13-4-5-14-11(7-13)6-12(17)9-18-14/h4-10,16H,1-3H3,(H,20,21). The summed E-state index contributed by atoms with van der Waals surface area (Å²) in [5.74, 6) is 0.375. The molecular formula is C16H18BrN3O3S. The van der Waals surface area contributed by atoms with E-state index in [2.05, 4.69) is 36.2 Å². The summed E-state index contributed by atoms with van der Waals surface area (Å²) < 4.78 is 6.70. The van der Waals surface area contributed by atoms with Crippen LogP contribution in [0.1, 0.15) is 6.92 Å². The van der Waals surface area contributed by atoms with E-state index in [9.17, 15) is 4.79 Å². The normalized spacial score (nSPS) is 13.7. The third-order valence-corrected chi connectivity index (χ3v) is 4.22. The van der Waals surface area contributed by atoms with Crippen LogP contribution in [-0.4, -0.2) is 41.9 Å². The number of halogens is 1. The first-order valence-corrected chi connectivity index (χ1v) is 9.23. The highest BCUT2D eigenvalue weighted by atomic mass is 79.9. The van der Waals surface area contributed by atoms with Gasteiger partial charge in [-0.2, -0.15) is 0 Å². The second-order valence-corrected chi connectivity index (χ2v) is 6.74. The maximum atomic E-state index is 12.3. The number of hydrogen-bond acceptors (Lipinski definition) is 6. The fraction of sp³-hybridized carbons (Fsp3) is 0.312. The van der Waals surface area contributed by atoms with Crippen LogP contribution in [0.15, 0.2) is 40.1 Å². The Morgan fingerprint density at radius 1 is 1.46 bits per heavy atom. The molecule has 24 heavy (non-hydrogen) atoms. The first-order chi connectivity index (χ1) is 11.5. The number of pyridine rings is 1. The Bertz CT molecular complexity index is 742. The lowest BCUT2D eigenvalue weighted by Crippen LogP contribution is -2.41. The summed E-state index contributed by atoms with van der Waals surface area (Å²) in [6, 6.07) is 7.22. The second-order valence-electron chi connectivity index (χ2n) is 4.93. The zero-order chi connectivity index (χ0) is 17.5. The summed E-state index contributed by atoms with van der Waals surface area (Å²) in [6.45, 7) is 1.80. The maximum Gasteiger partial charge on any atom is 0.272 e. The van der Waals surface area contributed by atoms with Gasteiger partial charge in [-0.15, -0.1) is 11.8 Å². The van der Waals surface area contributed by atoms with Crippen molar-refractivity contribution in [1.29, 1.82) is 0 Å². The van der Waals surface area contributed by atoms with Crippen molar-refractivity contribution < 1.29 is 14.4 Å². The third kappa shape index (κ3) is 5.10. The number of hydrogen-bond donors (Lipinski definition) is 1. The highest BCUT2D eigenvalue weighted by molar-refractivity contribution is 9.10. The molecule has 128 valence electrons. The molecular weight excluding hydrogens is 394 g/mol. The topological polar surface area (TPSA) is 72.8 Å². The number of nitrogens with one attached hydrogen (secondary N) is 1. The summed E-state index contributed by atoms with van der Waals surface area (Å²) in [5, 5.41) is 7.37. The van der Waals surface area contributed by atoms with E-state index >= 15 is 0 Å². The predicted octanol–water partition coefficient (Wildman–Crippen LogP) is 3.20. The monoisotopic (exact) mass is 411 g/mol. The molecule has 2 aromatic rings. The Morgan fingerprint density at radius 3 is 2.96 bits per heavy atom. The fourth-order valence-electron chi connectivity index (χ4n) is 1.97. The first kappa shape index (κ1) is 18.5. The van der Waals surface area contributed by atoms with E-state index in [4.69, 9.17) is 4.74 Å². The van der Waals surface area contributed by atoms with Gasteiger partial charge in [0, 0.05) is 16.1 Å². The summed E-state index contributed by atoms with van der Waals surface area (Å²) in [4.78, 5) is 21.2. The maximum absolute atomic E-state index is 12.3. The van der Waals surface area contributed by atoms with Crippen molar-refractivity contribution in [2.75, 3.05) is 13.4 Å². The molecule has 2 unspecified atom stereocenters. The molecule has 0 aliphatic rings. The van der Waals surface area contributed by atoms with E-state index in [0.717, 1.165) is 15.4 Å². The fourth-order valence-corrected chi connectivity index (χ4v) is 2.81. The van der Waals surface area contributed by atoms with Crippen LogP contribution in [0.2, 0.25) is 0 Å². The number of aromatic nitrogens is 1. The predicted molar refractivity (Wildman–Crippen MR) is 100 cm³/mol. The molecule has 1 aromatic heterocycles. The van der Waals surface area contributed by atoms with Crippen molar-refractivity contribution in [1.82, 2.24) is 10.3 Å². The minimum absolute atomic E-state index is 0.231. The largest absolute Gasteiger partial charge is 0.470 e. The van der Waals surface area contributed by atoms with Gasteiger partial charge >= 0.3 is 0 Å².